The number of ether oxygens (including phenoxy) is 1. The van der Waals surface area contributed by atoms with E-state index in [1.54, 1.807) is 36.9 Å². The molecule has 1 amide bonds. The Morgan fingerprint density at radius 1 is 1.34 bits per heavy atom. The maximum atomic E-state index is 14.8. The van der Waals surface area contributed by atoms with Crippen molar-refractivity contribution < 1.29 is 18.7 Å². The van der Waals surface area contributed by atoms with Gasteiger partial charge in [0.2, 0.25) is 5.91 Å². The summed E-state index contributed by atoms with van der Waals surface area (Å²) in [5.41, 5.74) is 1.75. The lowest BCUT2D eigenvalue weighted by Gasteiger charge is -2.36. The largest absolute Gasteiger partial charge is 0.463 e. The van der Waals surface area contributed by atoms with Gasteiger partial charge in [-0.2, -0.15) is 0 Å². The second-order valence-electron chi connectivity index (χ2n) is 7.03. The van der Waals surface area contributed by atoms with Crippen molar-refractivity contribution in [2.45, 2.75) is 46.2 Å². The maximum absolute atomic E-state index is 14.8. The number of hydrogen-bond acceptors (Lipinski definition) is 6. The lowest BCUT2D eigenvalue weighted by atomic mass is 9.93. The molecule has 0 bridgehead atoms. The summed E-state index contributed by atoms with van der Waals surface area (Å²) < 4.78 is 20.0. The van der Waals surface area contributed by atoms with Gasteiger partial charge >= 0.3 is 5.97 Å². The van der Waals surface area contributed by atoms with Gasteiger partial charge in [0.1, 0.15) is 5.82 Å². The number of benzene rings is 1. The van der Waals surface area contributed by atoms with Crippen molar-refractivity contribution in [3.05, 3.63) is 58.0 Å². The molecule has 6 nitrogen and oxygen atoms in total. The number of nitrogens with one attached hydrogen (secondary N) is 1. The summed E-state index contributed by atoms with van der Waals surface area (Å²) in [5.74, 6) is -1.12. The van der Waals surface area contributed by atoms with E-state index in [0.717, 1.165) is 0 Å². The molecule has 0 saturated carbocycles. The third-order valence-corrected chi connectivity index (χ3v) is 5.38. The van der Waals surface area contributed by atoms with Gasteiger partial charge in [-0.05, 0) is 39.2 Å². The predicted octanol–water partition coefficient (Wildman–Crippen LogP) is 3.88. The zero-order chi connectivity index (χ0) is 21.1. The molecule has 0 spiro atoms. The van der Waals surface area contributed by atoms with Crippen LogP contribution in [0, 0.1) is 5.82 Å². The highest BCUT2D eigenvalue weighted by molar-refractivity contribution is 8.16. The highest BCUT2D eigenvalue weighted by atomic mass is 32.2. The van der Waals surface area contributed by atoms with Gasteiger partial charge < -0.3 is 15.0 Å². The maximum Gasteiger partial charge on any atom is 0.338 e. The van der Waals surface area contributed by atoms with E-state index in [2.05, 4.69) is 10.3 Å². The van der Waals surface area contributed by atoms with Gasteiger partial charge in [-0.3, -0.25) is 4.79 Å². The molecule has 0 aliphatic carbocycles. The Bertz CT molecular complexity index is 924. The highest BCUT2D eigenvalue weighted by Crippen LogP contribution is 2.45. The minimum atomic E-state index is -0.754. The van der Waals surface area contributed by atoms with Crippen LogP contribution in [0.1, 0.15) is 45.7 Å². The number of carbonyl (C=O) groups is 2. The molecule has 0 fully saturated rings. The van der Waals surface area contributed by atoms with Crippen molar-refractivity contribution >= 4 is 28.8 Å². The number of aliphatic imine (C=N–C) groups is 1. The van der Waals surface area contributed by atoms with Gasteiger partial charge in [0.15, 0.2) is 5.17 Å². The molecule has 1 atom stereocenters. The second kappa shape index (κ2) is 8.82. The average molecular weight is 418 g/mol. The Morgan fingerprint density at radius 3 is 2.72 bits per heavy atom. The van der Waals surface area contributed by atoms with E-state index >= 15 is 0 Å². The Balaban J connectivity index is 2.05. The van der Waals surface area contributed by atoms with Crippen molar-refractivity contribution in [1.29, 1.82) is 0 Å². The first-order valence-electron chi connectivity index (χ1n) is 9.48. The number of rotatable bonds is 6. The Labute approximate surface area is 173 Å². The van der Waals surface area contributed by atoms with Gasteiger partial charge in [-0.1, -0.05) is 30.0 Å². The molecule has 8 heteroatoms. The monoisotopic (exact) mass is 417 g/mol. The van der Waals surface area contributed by atoms with Crippen molar-refractivity contribution in [3.63, 3.8) is 0 Å². The number of hydrogen-bond donors (Lipinski definition) is 1. The number of amidine groups is 1. The Kier molecular flexibility index (Phi) is 6.42. The molecule has 0 aromatic heterocycles. The van der Waals surface area contributed by atoms with E-state index in [9.17, 15) is 14.0 Å². The first-order chi connectivity index (χ1) is 13.8. The van der Waals surface area contributed by atoms with Crippen LogP contribution < -0.4 is 5.32 Å². The number of fused-ring (bicyclic) bond motifs is 1. The van der Waals surface area contributed by atoms with Crippen molar-refractivity contribution in [1.82, 2.24) is 10.2 Å². The minimum Gasteiger partial charge on any atom is -0.463 e. The lowest BCUT2D eigenvalue weighted by molar-refractivity contribution is -0.139. The topological polar surface area (TPSA) is 71.0 Å². The number of amides is 1. The molecule has 154 valence electrons. The van der Waals surface area contributed by atoms with E-state index < -0.39 is 17.8 Å². The van der Waals surface area contributed by atoms with Crippen LogP contribution in [0.2, 0.25) is 0 Å². The number of carbonyl (C=O) groups excluding carboxylic acids is 2. The number of nitrogens with zero attached hydrogens (tertiary/aromatic N) is 2. The molecule has 3 rings (SSSR count). The molecule has 0 radical (unpaired) electrons. The zero-order valence-corrected chi connectivity index (χ0v) is 17.7. The number of thioether (sulfide) groups is 1. The minimum absolute atomic E-state index is 0.00578. The van der Waals surface area contributed by atoms with Gasteiger partial charge in [0.25, 0.3) is 0 Å². The van der Waals surface area contributed by atoms with Gasteiger partial charge in [0.05, 0.1) is 30.3 Å². The van der Waals surface area contributed by atoms with Crippen LogP contribution in [0.3, 0.4) is 0 Å². The summed E-state index contributed by atoms with van der Waals surface area (Å²) in [4.78, 5) is 31.4. The molecule has 1 N–H and O–H groups in total. The van der Waals surface area contributed by atoms with Crippen LogP contribution >= 0.6 is 11.8 Å². The number of halogens is 1. The summed E-state index contributed by atoms with van der Waals surface area (Å²) in [7, 11) is 0. The van der Waals surface area contributed by atoms with Crippen LogP contribution in [-0.4, -0.2) is 34.6 Å². The van der Waals surface area contributed by atoms with Gasteiger partial charge in [-0.15, -0.1) is 0 Å². The summed E-state index contributed by atoms with van der Waals surface area (Å²) in [6, 6.07) is 5.58. The van der Waals surface area contributed by atoms with E-state index in [-0.39, 0.29) is 30.5 Å². The Hall–Kier alpha value is -2.61. The van der Waals surface area contributed by atoms with E-state index in [1.165, 1.54) is 17.8 Å². The van der Waals surface area contributed by atoms with E-state index in [1.807, 2.05) is 19.3 Å². The van der Waals surface area contributed by atoms with Gasteiger partial charge in [-0.25, -0.2) is 14.2 Å². The third-order valence-electron chi connectivity index (χ3n) is 4.49. The van der Waals surface area contributed by atoms with Crippen LogP contribution in [0.5, 0.6) is 0 Å². The molecule has 2 aliphatic heterocycles. The summed E-state index contributed by atoms with van der Waals surface area (Å²) >= 11 is 1.36. The fraction of sp³-hybridized carbons (Fsp3) is 0.381. The molecular weight excluding hydrogens is 393 g/mol. The van der Waals surface area contributed by atoms with E-state index in [0.29, 0.717) is 22.1 Å². The van der Waals surface area contributed by atoms with Crippen LogP contribution in [0.4, 0.5) is 4.39 Å². The van der Waals surface area contributed by atoms with Crippen LogP contribution in [0.25, 0.3) is 0 Å². The number of allylic oxidation sites excluding steroid dienone is 1. The molecule has 29 heavy (non-hydrogen) atoms. The quantitative estimate of drug-likeness (QED) is 0.712. The fourth-order valence-corrected chi connectivity index (χ4v) is 4.33. The SMILES string of the molecule is CCOC(=O)C1=C(C)N=C2SC=C(CC(=O)NC(C)C)N2C1c1ccccc1F. The summed E-state index contributed by atoms with van der Waals surface area (Å²) in [6.45, 7) is 7.41. The molecule has 1 aromatic rings. The van der Waals surface area contributed by atoms with Crippen LogP contribution in [-0.2, 0) is 14.3 Å². The van der Waals surface area contributed by atoms with Crippen molar-refractivity contribution in [3.8, 4) is 0 Å². The van der Waals surface area contributed by atoms with E-state index in [4.69, 9.17) is 4.74 Å². The standard InChI is InChI=1S/C21H24FN3O3S/c1-5-28-20(27)18-13(4)24-21-25(19(18)15-8-6-7-9-16(15)22)14(11-29-21)10-17(26)23-12(2)3/h6-9,11-12,19H,5,10H2,1-4H3,(H,23,26). The zero-order valence-electron chi connectivity index (χ0n) is 16.9. The normalized spacial score (nSPS) is 18.4. The summed E-state index contributed by atoms with van der Waals surface area (Å²) in [5, 5.41) is 5.30. The molecular formula is C21H24FN3O3S. The second-order valence-corrected chi connectivity index (χ2v) is 7.87. The summed E-state index contributed by atoms with van der Waals surface area (Å²) in [6.07, 6.45) is 0.101. The number of esters is 1. The lowest BCUT2D eigenvalue weighted by Crippen LogP contribution is -2.39. The first-order valence-corrected chi connectivity index (χ1v) is 10.4. The average Bonchev–Trinajstić information content (AvgIpc) is 3.02. The molecule has 1 unspecified atom stereocenters. The molecule has 0 saturated heterocycles. The van der Waals surface area contributed by atoms with Crippen molar-refractivity contribution in [2.75, 3.05) is 6.61 Å². The highest BCUT2D eigenvalue weighted by Gasteiger charge is 2.42. The molecule has 1 aromatic carbocycles. The Morgan fingerprint density at radius 2 is 2.07 bits per heavy atom. The smallest absolute Gasteiger partial charge is 0.338 e. The van der Waals surface area contributed by atoms with Crippen LogP contribution in [0.15, 0.2) is 51.6 Å². The molecule has 2 heterocycles. The predicted molar refractivity (Wildman–Crippen MR) is 111 cm³/mol. The fourth-order valence-electron chi connectivity index (χ4n) is 3.37. The molecule has 2 aliphatic rings. The van der Waals surface area contributed by atoms with Crippen molar-refractivity contribution in [2.24, 2.45) is 4.99 Å². The first kappa shape index (κ1) is 21.1. The van der Waals surface area contributed by atoms with Gasteiger partial charge in [0, 0.05) is 17.3 Å². The third kappa shape index (κ3) is 4.37.